The van der Waals surface area contributed by atoms with Gasteiger partial charge < -0.3 is 16.4 Å². The standard InChI is InChI=1S/C9H13N3O2S.ClH/c1-11-2-3-12-9(14)7-4-6(5-15-7)8(10)13;/h4-5,11H,2-3H2,1H3,(H2,10,13)(H,12,14);1H. The Hall–Kier alpha value is -1.11. The topological polar surface area (TPSA) is 84.2 Å². The molecule has 16 heavy (non-hydrogen) atoms. The van der Waals surface area contributed by atoms with E-state index in [1.807, 2.05) is 7.05 Å². The summed E-state index contributed by atoms with van der Waals surface area (Å²) in [7, 11) is 1.81. The number of rotatable bonds is 5. The van der Waals surface area contributed by atoms with Crippen molar-refractivity contribution in [2.24, 2.45) is 5.73 Å². The Kier molecular flexibility index (Phi) is 6.71. The van der Waals surface area contributed by atoms with Crippen LogP contribution in [0.25, 0.3) is 0 Å². The molecule has 4 N–H and O–H groups in total. The average Bonchev–Trinajstić information content (AvgIpc) is 2.66. The zero-order valence-electron chi connectivity index (χ0n) is 8.78. The summed E-state index contributed by atoms with van der Waals surface area (Å²) in [5.74, 6) is -0.691. The van der Waals surface area contributed by atoms with Crippen LogP contribution in [-0.2, 0) is 0 Å². The summed E-state index contributed by atoms with van der Waals surface area (Å²) in [6.07, 6.45) is 0. The highest BCUT2D eigenvalue weighted by molar-refractivity contribution is 7.12. The van der Waals surface area contributed by atoms with Gasteiger partial charge in [-0.05, 0) is 13.1 Å². The molecule has 0 atom stereocenters. The van der Waals surface area contributed by atoms with Crippen molar-refractivity contribution in [3.8, 4) is 0 Å². The molecule has 1 rings (SSSR count). The molecule has 90 valence electrons. The smallest absolute Gasteiger partial charge is 0.261 e. The van der Waals surface area contributed by atoms with Gasteiger partial charge in [-0.15, -0.1) is 23.7 Å². The molecule has 2 amide bonds. The maximum absolute atomic E-state index is 11.5. The Morgan fingerprint density at radius 3 is 2.62 bits per heavy atom. The predicted molar refractivity (Wildman–Crippen MR) is 66.3 cm³/mol. The fraction of sp³-hybridized carbons (Fsp3) is 0.333. The average molecular weight is 264 g/mol. The first kappa shape index (κ1) is 14.9. The number of nitrogens with two attached hydrogens (primary N) is 1. The van der Waals surface area contributed by atoms with Crippen LogP contribution in [0.2, 0.25) is 0 Å². The van der Waals surface area contributed by atoms with Crippen LogP contribution < -0.4 is 16.4 Å². The number of nitrogens with one attached hydrogen (secondary N) is 2. The van der Waals surface area contributed by atoms with Gasteiger partial charge in [0.1, 0.15) is 0 Å². The first-order valence-corrected chi connectivity index (χ1v) is 5.34. The van der Waals surface area contributed by atoms with E-state index in [0.717, 1.165) is 0 Å². The lowest BCUT2D eigenvalue weighted by atomic mass is 10.3. The van der Waals surface area contributed by atoms with E-state index in [1.165, 1.54) is 17.4 Å². The van der Waals surface area contributed by atoms with Crippen molar-refractivity contribution < 1.29 is 9.59 Å². The minimum Gasteiger partial charge on any atom is -0.366 e. The first-order valence-electron chi connectivity index (χ1n) is 4.46. The number of primary amides is 1. The third kappa shape index (κ3) is 4.18. The van der Waals surface area contributed by atoms with Crippen LogP contribution in [0, 0.1) is 0 Å². The molecule has 0 fully saturated rings. The van der Waals surface area contributed by atoms with Gasteiger partial charge in [-0.2, -0.15) is 0 Å². The lowest BCUT2D eigenvalue weighted by molar-refractivity contribution is 0.0958. The molecule has 0 radical (unpaired) electrons. The van der Waals surface area contributed by atoms with Gasteiger partial charge in [0.2, 0.25) is 5.91 Å². The van der Waals surface area contributed by atoms with Crippen molar-refractivity contribution in [2.45, 2.75) is 0 Å². The van der Waals surface area contributed by atoms with Crippen LogP contribution in [-0.4, -0.2) is 32.0 Å². The highest BCUT2D eigenvalue weighted by Crippen LogP contribution is 2.13. The summed E-state index contributed by atoms with van der Waals surface area (Å²) < 4.78 is 0. The fourth-order valence-corrected chi connectivity index (χ4v) is 1.79. The SMILES string of the molecule is CNCCNC(=O)c1cc(C(N)=O)cs1.Cl. The van der Waals surface area contributed by atoms with Crippen molar-refractivity contribution in [3.63, 3.8) is 0 Å². The van der Waals surface area contributed by atoms with E-state index in [4.69, 9.17) is 5.73 Å². The van der Waals surface area contributed by atoms with Gasteiger partial charge in [-0.3, -0.25) is 9.59 Å². The molecule has 0 bridgehead atoms. The van der Waals surface area contributed by atoms with Gasteiger partial charge in [0, 0.05) is 18.5 Å². The molecule has 5 nitrogen and oxygen atoms in total. The van der Waals surface area contributed by atoms with Crippen molar-refractivity contribution >= 4 is 35.6 Å². The number of carbonyl (C=O) groups is 2. The lowest BCUT2D eigenvalue weighted by Gasteiger charge is -2.01. The molecule has 0 saturated heterocycles. The zero-order valence-corrected chi connectivity index (χ0v) is 10.4. The molecule has 0 aromatic carbocycles. The summed E-state index contributed by atoms with van der Waals surface area (Å²) in [6.45, 7) is 1.26. The Labute approximate surface area is 104 Å². The molecular formula is C9H14ClN3O2S. The number of hydrogen-bond acceptors (Lipinski definition) is 4. The summed E-state index contributed by atoms with van der Waals surface area (Å²) in [4.78, 5) is 22.8. The highest BCUT2D eigenvalue weighted by atomic mass is 35.5. The maximum Gasteiger partial charge on any atom is 0.261 e. The van der Waals surface area contributed by atoms with E-state index in [0.29, 0.717) is 23.5 Å². The second-order valence-corrected chi connectivity index (χ2v) is 3.83. The molecule has 1 heterocycles. The number of amides is 2. The Bertz CT molecular complexity index is 367. The maximum atomic E-state index is 11.5. The molecule has 0 spiro atoms. The Morgan fingerprint density at radius 2 is 2.12 bits per heavy atom. The van der Waals surface area contributed by atoms with Crippen molar-refractivity contribution in [3.05, 3.63) is 21.9 Å². The Morgan fingerprint density at radius 1 is 1.44 bits per heavy atom. The van der Waals surface area contributed by atoms with Gasteiger partial charge in [0.25, 0.3) is 5.91 Å². The molecule has 0 aliphatic rings. The molecule has 0 aliphatic heterocycles. The van der Waals surface area contributed by atoms with Crippen molar-refractivity contribution in [1.82, 2.24) is 10.6 Å². The molecule has 0 saturated carbocycles. The summed E-state index contributed by atoms with van der Waals surface area (Å²) in [5.41, 5.74) is 5.45. The van der Waals surface area contributed by atoms with Gasteiger partial charge in [0.15, 0.2) is 0 Å². The molecule has 1 aromatic rings. The van der Waals surface area contributed by atoms with Gasteiger partial charge >= 0.3 is 0 Å². The first-order chi connectivity index (χ1) is 7.15. The number of hydrogen-bond donors (Lipinski definition) is 3. The molecule has 1 aromatic heterocycles. The monoisotopic (exact) mass is 263 g/mol. The van der Waals surface area contributed by atoms with Gasteiger partial charge in [0.05, 0.1) is 10.4 Å². The summed E-state index contributed by atoms with van der Waals surface area (Å²) in [5, 5.41) is 7.20. The number of likely N-dealkylation sites (N-methyl/N-ethyl adjacent to an activating group) is 1. The third-order valence-corrected chi connectivity index (χ3v) is 2.70. The van der Waals surface area contributed by atoms with Crippen LogP contribution in [0.4, 0.5) is 0 Å². The second-order valence-electron chi connectivity index (χ2n) is 2.92. The van der Waals surface area contributed by atoms with Crippen molar-refractivity contribution in [1.29, 1.82) is 0 Å². The minimum absolute atomic E-state index is 0. The van der Waals surface area contributed by atoms with E-state index < -0.39 is 5.91 Å². The van der Waals surface area contributed by atoms with Crippen LogP contribution in [0.15, 0.2) is 11.4 Å². The Balaban J connectivity index is 0.00000225. The van der Waals surface area contributed by atoms with Gasteiger partial charge in [-0.25, -0.2) is 0 Å². The van der Waals surface area contributed by atoms with E-state index in [2.05, 4.69) is 10.6 Å². The number of thiophene rings is 1. The van der Waals surface area contributed by atoms with Crippen LogP contribution in [0.3, 0.4) is 0 Å². The fourth-order valence-electron chi connectivity index (χ4n) is 0.973. The predicted octanol–water partition coefficient (Wildman–Crippen LogP) is 0.218. The van der Waals surface area contributed by atoms with E-state index in [1.54, 1.807) is 5.38 Å². The normalized spacial score (nSPS) is 9.31. The summed E-state index contributed by atoms with van der Waals surface area (Å²) >= 11 is 1.21. The quantitative estimate of drug-likeness (QED) is 0.665. The number of halogens is 1. The van der Waals surface area contributed by atoms with E-state index in [-0.39, 0.29) is 18.3 Å². The van der Waals surface area contributed by atoms with Gasteiger partial charge in [-0.1, -0.05) is 0 Å². The summed E-state index contributed by atoms with van der Waals surface area (Å²) in [6, 6.07) is 1.50. The largest absolute Gasteiger partial charge is 0.366 e. The molecule has 7 heteroatoms. The van der Waals surface area contributed by atoms with Crippen LogP contribution in [0.1, 0.15) is 20.0 Å². The zero-order chi connectivity index (χ0) is 11.3. The van der Waals surface area contributed by atoms with E-state index >= 15 is 0 Å². The lowest BCUT2D eigenvalue weighted by Crippen LogP contribution is -2.29. The van der Waals surface area contributed by atoms with Crippen LogP contribution >= 0.6 is 23.7 Å². The minimum atomic E-state index is -0.513. The molecule has 0 unspecified atom stereocenters. The molecular weight excluding hydrogens is 250 g/mol. The van der Waals surface area contributed by atoms with Crippen molar-refractivity contribution in [2.75, 3.05) is 20.1 Å². The van der Waals surface area contributed by atoms with E-state index in [9.17, 15) is 9.59 Å². The number of carbonyl (C=O) groups excluding carboxylic acids is 2. The second kappa shape index (κ2) is 7.21. The van der Waals surface area contributed by atoms with Crippen LogP contribution in [0.5, 0.6) is 0 Å². The molecule has 0 aliphatic carbocycles. The third-order valence-electron chi connectivity index (χ3n) is 1.77. The highest BCUT2D eigenvalue weighted by Gasteiger charge is 2.10.